The summed E-state index contributed by atoms with van der Waals surface area (Å²) in [4.78, 5) is 26.5. The highest BCUT2D eigenvalue weighted by Gasteiger charge is 2.30. The van der Waals surface area contributed by atoms with E-state index in [2.05, 4.69) is 0 Å². The molecule has 30 heavy (non-hydrogen) atoms. The second-order valence-corrected chi connectivity index (χ2v) is 7.13. The molecule has 2 aliphatic heterocycles. The van der Waals surface area contributed by atoms with E-state index < -0.39 is 5.97 Å². The molecule has 0 spiro atoms. The summed E-state index contributed by atoms with van der Waals surface area (Å²) in [5.41, 5.74) is 2.70. The topological polar surface area (TPSA) is 74.3 Å². The Morgan fingerprint density at radius 1 is 1.20 bits per heavy atom. The van der Waals surface area contributed by atoms with Crippen LogP contribution in [0.15, 0.2) is 42.5 Å². The van der Waals surface area contributed by atoms with Crippen molar-refractivity contribution in [2.24, 2.45) is 0 Å². The summed E-state index contributed by atoms with van der Waals surface area (Å²) in [5, 5.41) is 0. The van der Waals surface area contributed by atoms with Crippen molar-refractivity contribution in [3.8, 4) is 17.2 Å². The molecule has 0 aliphatic carbocycles. The fraction of sp³-hybridized carbons (Fsp3) is 0.304. The first kappa shape index (κ1) is 19.8. The summed E-state index contributed by atoms with van der Waals surface area (Å²) in [7, 11) is 1.54. The fourth-order valence-electron chi connectivity index (χ4n) is 3.75. The van der Waals surface area contributed by atoms with E-state index in [1.807, 2.05) is 31.2 Å². The van der Waals surface area contributed by atoms with Crippen LogP contribution in [0.3, 0.4) is 0 Å². The highest BCUT2D eigenvalue weighted by atomic mass is 16.6. The van der Waals surface area contributed by atoms with Crippen LogP contribution in [0.1, 0.15) is 18.1 Å². The monoisotopic (exact) mass is 409 g/mol. The van der Waals surface area contributed by atoms with Crippen molar-refractivity contribution in [3.63, 3.8) is 0 Å². The molecular formula is C23H23NO6. The van der Waals surface area contributed by atoms with Crippen LogP contribution in [-0.4, -0.2) is 44.8 Å². The van der Waals surface area contributed by atoms with Crippen molar-refractivity contribution in [2.75, 3.05) is 31.8 Å². The molecule has 7 heteroatoms. The van der Waals surface area contributed by atoms with E-state index in [0.29, 0.717) is 36.0 Å². The fourth-order valence-corrected chi connectivity index (χ4v) is 3.75. The zero-order valence-electron chi connectivity index (χ0n) is 16.9. The molecule has 2 aliphatic rings. The van der Waals surface area contributed by atoms with Gasteiger partial charge in [-0.1, -0.05) is 18.2 Å². The Balaban J connectivity index is 1.38. The molecule has 2 aromatic carbocycles. The molecule has 0 N–H and O–H groups in total. The molecule has 2 aromatic rings. The zero-order chi connectivity index (χ0) is 21.1. The smallest absolute Gasteiger partial charge is 0.331 e. The third-order valence-corrected chi connectivity index (χ3v) is 5.08. The van der Waals surface area contributed by atoms with Gasteiger partial charge in [-0.2, -0.15) is 0 Å². The number of rotatable bonds is 5. The van der Waals surface area contributed by atoms with Crippen LogP contribution in [0, 0.1) is 0 Å². The predicted octanol–water partition coefficient (Wildman–Crippen LogP) is 3.00. The van der Waals surface area contributed by atoms with Gasteiger partial charge in [-0.15, -0.1) is 0 Å². The summed E-state index contributed by atoms with van der Waals surface area (Å²) in [6.07, 6.45) is 3.66. The lowest BCUT2D eigenvalue weighted by atomic mass is 10.1. The lowest BCUT2D eigenvalue weighted by molar-refractivity contribution is -0.143. The van der Waals surface area contributed by atoms with Gasteiger partial charge in [0.05, 0.1) is 7.11 Å². The number of carbonyl (C=O) groups is 2. The second-order valence-electron chi connectivity index (χ2n) is 7.13. The quantitative estimate of drug-likeness (QED) is 0.558. The molecular weight excluding hydrogens is 386 g/mol. The first-order chi connectivity index (χ1) is 14.6. The van der Waals surface area contributed by atoms with Crippen LogP contribution in [0.25, 0.3) is 6.08 Å². The number of benzene rings is 2. The number of amides is 1. The second kappa shape index (κ2) is 8.49. The average Bonchev–Trinajstić information content (AvgIpc) is 3.11. The van der Waals surface area contributed by atoms with E-state index >= 15 is 0 Å². The summed E-state index contributed by atoms with van der Waals surface area (Å²) < 4.78 is 21.6. The van der Waals surface area contributed by atoms with Crippen LogP contribution in [0.4, 0.5) is 5.69 Å². The van der Waals surface area contributed by atoms with Crippen molar-refractivity contribution in [2.45, 2.75) is 19.4 Å². The number of fused-ring (bicyclic) bond motifs is 2. The molecule has 1 atom stereocenters. The molecule has 0 aromatic heterocycles. The number of esters is 1. The van der Waals surface area contributed by atoms with Gasteiger partial charge in [-0.25, -0.2) is 4.79 Å². The van der Waals surface area contributed by atoms with E-state index in [-0.39, 0.29) is 18.6 Å². The SMILES string of the molecule is COc1cc(/C=C/C(=O)OCC(=O)N2c3ccccc3C[C@@H]2C)cc2c1OCCO2. The van der Waals surface area contributed by atoms with Gasteiger partial charge in [-0.3, -0.25) is 4.79 Å². The van der Waals surface area contributed by atoms with E-state index in [4.69, 9.17) is 18.9 Å². The third-order valence-electron chi connectivity index (χ3n) is 5.08. The number of anilines is 1. The number of methoxy groups -OCH3 is 1. The summed E-state index contributed by atoms with van der Waals surface area (Å²) in [5.74, 6) is 0.796. The lowest BCUT2D eigenvalue weighted by Gasteiger charge is -2.22. The molecule has 7 nitrogen and oxygen atoms in total. The molecule has 0 bridgehead atoms. The molecule has 0 unspecified atom stereocenters. The molecule has 0 radical (unpaired) electrons. The Morgan fingerprint density at radius 3 is 2.83 bits per heavy atom. The summed E-state index contributed by atoms with van der Waals surface area (Å²) >= 11 is 0. The number of hydrogen-bond donors (Lipinski definition) is 0. The van der Waals surface area contributed by atoms with Crippen molar-refractivity contribution in [3.05, 3.63) is 53.6 Å². The number of carbonyl (C=O) groups excluding carboxylic acids is 2. The van der Waals surface area contributed by atoms with Crippen molar-refractivity contribution < 1.29 is 28.5 Å². The summed E-state index contributed by atoms with van der Waals surface area (Å²) in [6.45, 7) is 2.58. The van der Waals surface area contributed by atoms with E-state index in [1.54, 1.807) is 30.2 Å². The highest BCUT2D eigenvalue weighted by molar-refractivity contribution is 5.98. The maximum absolute atomic E-state index is 12.6. The van der Waals surface area contributed by atoms with Crippen LogP contribution in [0.5, 0.6) is 17.2 Å². The highest BCUT2D eigenvalue weighted by Crippen LogP contribution is 2.40. The van der Waals surface area contributed by atoms with Gasteiger partial charge in [0.15, 0.2) is 18.1 Å². The Bertz CT molecular complexity index is 982. The predicted molar refractivity (Wildman–Crippen MR) is 111 cm³/mol. The maximum atomic E-state index is 12.6. The maximum Gasteiger partial charge on any atom is 0.331 e. The van der Waals surface area contributed by atoms with Crippen LogP contribution < -0.4 is 19.1 Å². The average molecular weight is 409 g/mol. The van der Waals surface area contributed by atoms with Gasteiger partial charge in [0.1, 0.15) is 13.2 Å². The van der Waals surface area contributed by atoms with Gasteiger partial charge in [-0.05, 0) is 48.7 Å². The minimum atomic E-state index is -0.600. The van der Waals surface area contributed by atoms with Gasteiger partial charge in [0.2, 0.25) is 5.75 Å². The Morgan fingerprint density at radius 2 is 2.00 bits per heavy atom. The lowest BCUT2D eigenvalue weighted by Crippen LogP contribution is -2.38. The standard InChI is InChI=1S/C23H23NO6/c1-15-11-17-5-3-4-6-18(17)24(15)21(25)14-30-22(26)8-7-16-12-19(27-2)23-20(13-16)28-9-10-29-23/h3-8,12-13,15H,9-11,14H2,1-2H3/b8-7+/t15-/m0/s1. The van der Waals surface area contributed by atoms with Crippen molar-refractivity contribution >= 4 is 23.6 Å². The largest absolute Gasteiger partial charge is 0.493 e. The molecule has 0 saturated heterocycles. The van der Waals surface area contributed by atoms with Crippen LogP contribution >= 0.6 is 0 Å². The molecule has 0 fully saturated rings. The van der Waals surface area contributed by atoms with E-state index in [0.717, 1.165) is 17.7 Å². The van der Waals surface area contributed by atoms with Gasteiger partial charge >= 0.3 is 5.97 Å². The van der Waals surface area contributed by atoms with Gasteiger partial charge in [0, 0.05) is 17.8 Å². The van der Waals surface area contributed by atoms with Crippen LogP contribution in [-0.2, 0) is 20.7 Å². The number of hydrogen-bond acceptors (Lipinski definition) is 6. The Kier molecular flexibility index (Phi) is 5.61. The van der Waals surface area contributed by atoms with Crippen molar-refractivity contribution in [1.29, 1.82) is 0 Å². The Hall–Kier alpha value is -3.48. The number of ether oxygens (including phenoxy) is 4. The summed E-state index contributed by atoms with van der Waals surface area (Å²) in [6, 6.07) is 11.3. The van der Waals surface area contributed by atoms with Gasteiger partial charge in [0.25, 0.3) is 5.91 Å². The molecule has 1 amide bonds. The third kappa shape index (κ3) is 3.96. The van der Waals surface area contributed by atoms with Gasteiger partial charge < -0.3 is 23.8 Å². The molecule has 2 heterocycles. The van der Waals surface area contributed by atoms with E-state index in [1.165, 1.54) is 6.08 Å². The van der Waals surface area contributed by atoms with Crippen LogP contribution in [0.2, 0.25) is 0 Å². The number of nitrogens with zero attached hydrogens (tertiary/aromatic N) is 1. The first-order valence-corrected chi connectivity index (χ1v) is 9.79. The number of para-hydroxylation sites is 1. The molecule has 156 valence electrons. The molecule has 0 saturated carbocycles. The normalized spacial score (nSPS) is 17.0. The zero-order valence-corrected chi connectivity index (χ0v) is 16.9. The minimum absolute atomic E-state index is 0.0364. The molecule has 4 rings (SSSR count). The van der Waals surface area contributed by atoms with Crippen molar-refractivity contribution in [1.82, 2.24) is 0 Å². The minimum Gasteiger partial charge on any atom is -0.493 e. The van der Waals surface area contributed by atoms with E-state index in [9.17, 15) is 9.59 Å². The Labute approximate surface area is 174 Å². The first-order valence-electron chi connectivity index (χ1n) is 9.79.